The Morgan fingerprint density at radius 3 is 2.90 bits per heavy atom. The van der Waals surface area contributed by atoms with Crippen LogP contribution in [0, 0.1) is 5.92 Å². The number of aryl methyl sites for hydroxylation is 1. The summed E-state index contributed by atoms with van der Waals surface area (Å²) in [5.41, 5.74) is -0.625. The van der Waals surface area contributed by atoms with Gasteiger partial charge in [-0.1, -0.05) is 13.0 Å². The summed E-state index contributed by atoms with van der Waals surface area (Å²) in [5.74, 6) is 0.207. The molecule has 3 aromatic rings. The fourth-order valence-corrected chi connectivity index (χ4v) is 4.65. The molecule has 2 aromatic heterocycles. The van der Waals surface area contributed by atoms with Crippen molar-refractivity contribution in [3.8, 4) is 0 Å². The van der Waals surface area contributed by atoms with Gasteiger partial charge in [0.25, 0.3) is 0 Å². The van der Waals surface area contributed by atoms with E-state index in [1.165, 1.54) is 17.0 Å². The van der Waals surface area contributed by atoms with Gasteiger partial charge in [0.15, 0.2) is 0 Å². The quantitative estimate of drug-likeness (QED) is 0.619. The summed E-state index contributed by atoms with van der Waals surface area (Å²) in [6.07, 6.45) is -0.503. The maximum absolute atomic E-state index is 12.9. The lowest BCUT2D eigenvalue weighted by Crippen LogP contribution is -2.41. The number of piperidine rings is 1. The molecule has 0 radical (unpaired) electrons. The maximum Gasteiger partial charge on any atom is 0.416 e. The molecule has 0 spiro atoms. The first kappa shape index (κ1) is 20.6. The highest BCUT2D eigenvalue weighted by atomic mass is 32.1. The van der Waals surface area contributed by atoms with Crippen LogP contribution >= 0.6 is 11.3 Å². The number of aromatic nitrogens is 2. The van der Waals surface area contributed by atoms with E-state index in [1.807, 2.05) is 0 Å². The molecule has 0 bridgehead atoms. The van der Waals surface area contributed by atoms with E-state index in [0.717, 1.165) is 47.6 Å². The van der Waals surface area contributed by atoms with Crippen LogP contribution in [0.4, 0.5) is 24.7 Å². The highest BCUT2D eigenvalue weighted by Crippen LogP contribution is 2.33. The minimum Gasteiger partial charge on any atom is -0.355 e. The lowest BCUT2D eigenvalue weighted by Gasteiger charge is -2.33. The van der Waals surface area contributed by atoms with Crippen molar-refractivity contribution in [1.82, 2.24) is 9.97 Å². The molecule has 4 rings (SSSR count). The van der Waals surface area contributed by atoms with Gasteiger partial charge in [0, 0.05) is 23.7 Å². The Bertz CT molecular complexity index is 1070. The molecule has 1 aliphatic rings. The van der Waals surface area contributed by atoms with Crippen LogP contribution in [-0.2, 0) is 17.4 Å². The molecule has 1 amide bonds. The molecule has 5 nitrogen and oxygen atoms in total. The zero-order valence-electron chi connectivity index (χ0n) is 16.4. The lowest BCUT2D eigenvalue weighted by atomic mass is 9.96. The first-order valence-electron chi connectivity index (χ1n) is 9.81. The molecule has 1 N–H and O–H groups in total. The number of halogens is 3. The molecular formula is C21H21F3N4OS. The second-order valence-electron chi connectivity index (χ2n) is 7.34. The maximum atomic E-state index is 12.9. The van der Waals surface area contributed by atoms with Crippen LogP contribution < -0.4 is 10.2 Å². The van der Waals surface area contributed by atoms with Crippen molar-refractivity contribution >= 4 is 39.0 Å². The van der Waals surface area contributed by atoms with Gasteiger partial charge in [-0.2, -0.15) is 13.2 Å². The number of rotatable bonds is 4. The summed E-state index contributed by atoms with van der Waals surface area (Å²) < 4.78 is 38.8. The molecule has 158 valence electrons. The molecule has 30 heavy (non-hydrogen) atoms. The summed E-state index contributed by atoms with van der Waals surface area (Å²) in [5, 5.41) is 3.63. The van der Waals surface area contributed by atoms with Gasteiger partial charge in [-0.05, 0) is 43.5 Å². The van der Waals surface area contributed by atoms with Gasteiger partial charge >= 0.3 is 6.18 Å². The molecule has 0 aliphatic carbocycles. The molecule has 3 heterocycles. The minimum atomic E-state index is -4.45. The fourth-order valence-electron chi connectivity index (χ4n) is 3.72. The van der Waals surface area contributed by atoms with Crippen molar-refractivity contribution < 1.29 is 18.0 Å². The highest BCUT2D eigenvalue weighted by Gasteiger charge is 2.31. The van der Waals surface area contributed by atoms with Crippen LogP contribution in [0.5, 0.6) is 0 Å². The van der Waals surface area contributed by atoms with Crippen LogP contribution in [0.25, 0.3) is 10.2 Å². The van der Waals surface area contributed by atoms with Crippen molar-refractivity contribution in [1.29, 1.82) is 0 Å². The van der Waals surface area contributed by atoms with E-state index < -0.39 is 11.7 Å². The van der Waals surface area contributed by atoms with Gasteiger partial charge < -0.3 is 10.2 Å². The Balaban J connectivity index is 1.51. The smallest absolute Gasteiger partial charge is 0.355 e. The molecule has 1 aromatic carbocycles. The largest absolute Gasteiger partial charge is 0.416 e. The number of hydrogen-bond acceptors (Lipinski definition) is 5. The van der Waals surface area contributed by atoms with E-state index in [2.05, 4.69) is 33.2 Å². The molecule has 1 fully saturated rings. The third-order valence-corrected chi connectivity index (χ3v) is 6.44. The molecule has 9 heteroatoms. The Morgan fingerprint density at radius 2 is 2.13 bits per heavy atom. The first-order chi connectivity index (χ1) is 14.3. The number of fused-ring (bicyclic) bond motifs is 1. The van der Waals surface area contributed by atoms with Crippen LogP contribution in [0.3, 0.4) is 0 Å². The number of carbonyl (C=O) groups excluding carboxylic acids is 1. The molecule has 1 saturated heterocycles. The van der Waals surface area contributed by atoms with E-state index in [9.17, 15) is 18.0 Å². The van der Waals surface area contributed by atoms with E-state index in [4.69, 9.17) is 0 Å². The number of anilines is 2. The van der Waals surface area contributed by atoms with Crippen molar-refractivity contribution in [2.45, 2.75) is 32.4 Å². The highest BCUT2D eigenvalue weighted by molar-refractivity contribution is 7.18. The lowest BCUT2D eigenvalue weighted by molar-refractivity contribution is -0.137. The zero-order valence-corrected chi connectivity index (χ0v) is 17.2. The average molecular weight is 434 g/mol. The van der Waals surface area contributed by atoms with Crippen LogP contribution in [0.1, 0.15) is 30.2 Å². The van der Waals surface area contributed by atoms with Gasteiger partial charge in [-0.15, -0.1) is 11.3 Å². The zero-order chi connectivity index (χ0) is 21.3. The SMILES string of the molecule is CCc1cc2c(N3CCC[C@H](C(=O)Nc4cccc(C(F)(F)F)c4)C3)ncnc2s1. The molecule has 1 atom stereocenters. The molecule has 1 aliphatic heterocycles. The number of carbonyl (C=O) groups is 1. The van der Waals surface area contributed by atoms with E-state index in [-0.39, 0.29) is 17.5 Å². The van der Waals surface area contributed by atoms with Gasteiger partial charge in [0.1, 0.15) is 17.0 Å². The Hall–Kier alpha value is -2.68. The Labute approximate surface area is 175 Å². The normalized spacial score (nSPS) is 17.3. The fraction of sp³-hybridized carbons (Fsp3) is 0.381. The van der Waals surface area contributed by atoms with Crippen molar-refractivity contribution in [2.75, 3.05) is 23.3 Å². The predicted molar refractivity (Wildman–Crippen MR) is 112 cm³/mol. The van der Waals surface area contributed by atoms with Gasteiger partial charge in [0.05, 0.1) is 16.9 Å². The van der Waals surface area contributed by atoms with E-state index in [1.54, 1.807) is 17.7 Å². The summed E-state index contributed by atoms with van der Waals surface area (Å²) in [7, 11) is 0. The van der Waals surface area contributed by atoms with Crippen molar-refractivity contribution in [3.63, 3.8) is 0 Å². The summed E-state index contributed by atoms with van der Waals surface area (Å²) >= 11 is 1.64. The van der Waals surface area contributed by atoms with Crippen molar-refractivity contribution in [3.05, 3.63) is 47.1 Å². The van der Waals surface area contributed by atoms with Crippen LogP contribution in [0.2, 0.25) is 0 Å². The number of alkyl halides is 3. The molecule has 0 unspecified atom stereocenters. The summed E-state index contributed by atoms with van der Waals surface area (Å²) in [6.45, 7) is 3.33. The van der Waals surface area contributed by atoms with Gasteiger partial charge in [-0.3, -0.25) is 4.79 Å². The summed E-state index contributed by atoms with van der Waals surface area (Å²) in [4.78, 5) is 25.8. The monoisotopic (exact) mass is 434 g/mol. The third-order valence-electron chi connectivity index (χ3n) is 5.26. The standard InChI is InChI=1S/C21H21F3N4OS/c1-2-16-10-17-18(25-12-26-20(17)30-16)28-8-4-5-13(11-28)19(29)27-15-7-3-6-14(9-15)21(22,23)24/h3,6-7,9-10,12-13H,2,4-5,8,11H2,1H3,(H,27,29)/t13-/m0/s1. The topological polar surface area (TPSA) is 58.1 Å². The number of hydrogen-bond donors (Lipinski definition) is 1. The predicted octanol–water partition coefficient (Wildman–Crippen LogP) is 5.13. The van der Waals surface area contributed by atoms with E-state index in [0.29, 0.717) is 13.0 Å². The van der Waals surface area contributed by atoms with Gasteiger partial charge in [-0.25, -0.2) is 9.97 Å². The first-order valence-corrected chi connectivity index (χ1v) is 10.6. The van der Waals surface area contributed by atoms with Crippen molar-refractivity contribution in [2.24, 2.45) is 5.92 Å². The number of nitrogens with zero attached hydrogens (tertiary/aromatic N) is 3. The number of amides is 1. The number of thiophene rings is 1. The molecule has 0 saturated carbocycles. The van der Waals surface area contributed by atoms with Crippen LogP contribution in [0.15, 0.2) is 36.7 Å². The second kappa shape index (κ2) is 8.22. The van der Waals surface area contributed by atoms with E-state index >= 15 is 0 Å². The second-order valence-corrected chi connectivity index (χ2v) is 8.45. The Morgan fingerprint density at radius 1 is 1.30 bits per heavy atom. The van der Waals surface area contributed by atoms with Gasteiger partial charge in [0.2, 0.25) is 5.91 Å². The van der Waals surface area contributed by atoms with Crippen LogP contribution in [-0.4, -0.2) is 29.0 Å². The summed E-state index contributed by atoms with van der Waals surface area (Å²) in [6, 6.07) is 6.82. The average Bonchev–Trinajstić information content (AvgIpc) is 3.17. The minimum absolute atomic E-state index is 0.154. The number of nitrogens with one attached hydrogen (secondary N) is 1. The molecular weight excluding hydrogens is 413 g/mol. The number of benzene rings is 1. The third kappa shape index (κ3) is 4.26. The Kier molecular flexibility index (Phi) is 5.64.